The quantitative estimate of drug-likeness (QED) is 0.877. The molecular formula is C14H19N3O4. The Labute approximate surface area is 122 Å². The summed E-state index contributed by atoms with van der Waals surface area (Å²) >= 11 is 0. The predicted octanol–water partition coefficient (Wildman–Crippen LogP) is 1.38. The highest BCUT2D eigenvalue weighted by Crippen LogP contribution is 2.42. The zero-order valence-electron chi connectivity index (χ0n) is 11.9. The van der Waals surface area contributed by atoms with E-state index >= 15 is 0 Å². The van der Waals surface area contributed by atoms with Gasteiger partial charge in [-0.3, -0.25) is 0 Å². The first-order valence-electron chi connectivity index (χ1n) is 7.25. The van der Waals surface area contributed by atoms with Crippen LogP contribution in [0.1, 0.15) is 30.7 Å². The predicted molar refractivity (Wildman–Crippen MR) is 72.4 cm³/mol. The lowest BCUT2D eigenvalue weighted by molar-refractivity contribution is -0.142. The van der Waals surface area contributed by atoms with Crippen molar-refractivity contribution < 1.29 is 19.2 Å². The normalized spacial score (nSPS) is 27.7. The SMILES string of the molecule is Cc1cc(CNC(=O)N2CC3CCCC3C2C(=O)O)no1. The lowest BCUT2D eigenvalue weighted by Crippen LogP contribution is -2.47. The van der Waals surface area contributed by atoms with Gasteiger partial charge in [0, 0.05) is 12.6 Å². The molecule has 21 heavy (non-hydrogen) atoms. The summed E-state index contributed by atoms with van der Waals surface area (Å²) in [7, 11) is 0. The topological polar surface area (TPSA) is 95.7 Å². The molecule has 3 unspecified atom stereocenters. The van der Waals surface area contributed by atoms with Crippen LogP contribution in [0.5, 0.6) is 0 Å². The van der Waals surface area contributed by atoms with Gasteiger partial charge in [-0.2, -0.15) is 0 Å². The van der Waals surface area contributed by atoms with Crippen LogP contribution in [0.2, 0.25) is 0 Å². The summed E-state index contributed by atoms with van der Waals surface area (Å²) in [5.41, 5.74) is 0.632. The smallest absolute Gasteiger partial charge is 0.326 e. The zero-order chi connectivity index (χ0) is 15.0. The monoisotopic (exact) mass is 293 g/mol. The second kappa shape index (κ2) is 5.38. The number of urea groups is 1. The lowest BCUT2D eigenvalue weighted by atomic mass is 9.94. The summed E-state index contributed by atoms with van der Waals surface area (Å²) in [4.78, 5) is 25.2. The lowest BCUT2D eigenvalue weighted by Gasteiger charge is -2.24. The highest BCUT2D eigenvalue weighted by Gasteiger charge is 2.49. The number of hydrogen-bond donors (Lipinski definition) is 2. The number of likely N-dealkylation sites (tertiary alicyclic amines) is 1. The number of carboxylic acids is 1. The Kier molecular flexibility index (Phi) is 3.57. The molecule has 1 aromatic rings. The molecule has 114 valence electrons. The maximum atomic E-state index is 12.3. The Hall–Kier alpha value is -2.05. The van der Waals surface area contributed by atoms with Gasteiger partial charge in [-0.15, -0.1) is 0 Å². The number of rotatable bonds is 3. The molecule has 2 fully saturated rings. The van der Waals surface area contributed by atoms with Gasteiger partial charge in [0.15, 0.2) is 0 Å². The van der Waals surface area contributed by atoms with E-state index in [1.165, 1.54) is 4.90 Å². The van der Waals surface area contributed by atoms with Gasteiger partial charge in [-0.1, -0.05) is 11.6 Å². The van der Waals surface area contributed by atoms with Crippen LogP contribution in [0.25, 0.3) is 0 Å². The van der Waals surface area contributed by atoms with Crippen LogP contribution >= 0.6 is 0 Å². The number of aromatic nitrogens is 1. The van der Waals surface area contributed by atoms with Crippen molar-refractivity contribution in [1.29, 1.82) is 0 Å². The molecule has 1 aliphatic carbocycles. The van der Waals surface area contributed by atoms with E-state index in [-0.39, 0.29) is 18.5 Å². The van der Waals surface area contributed by atoms with Gasteiger partial charge >= 0.3 is 12.0 Å². The number of hydrogen-bond acceptors (Lipinski definition) is 4. The molecule has 7 nitrogen and oxygen atoms in total. The molecule has 1 saturated heterocycles. The molecule has 2 heterocycles. The second-order valence-electron chi connectivity index (χ2n) is 5.88. The minimum atomic E-state index is -0.906. The minimum Gasteiger partial charge on any atom is -0.480 e. The fraction of sp³-hybridized carbons (Fsp3) is 0.643. The highest BCUT2D eigenvalue weighted by molar-refractivity contribution is 5.83. The van der Waals surface area contributed by atoms with Crippen molar-refractivity contribution in [1.82, 2.24) is 15.4 Å². The van der Waals surface area contributed by atoms with Crippen molar-refractivity contribution in [2.75, 3.05) is 6.54 Å². The van der Waals surface area contributed by atoms with Gasteiger partial charge in [-0.05, 0) is 31.6 Å². The molecule has 2 amide bonds. The molecule has 3 rings (SSSR count). The van der Waals surface area contributed by atoms with E-state index in [4.69, 9.17) is 4.52 Å². The van der Waals surface area contributed by atoms with E-state index in [1.54, 1.807) is 13.0 Å². The fourth-order valence-corrected chi connectivity index (χ4v) is 3.60. The Morgan fingerprint density at radius 2 is 2.33 bits per heavy atom. The van der Waals surface area contributed by atoms with Crippen LogP contribution in [0.4, 0.5) is 4.79 Å². The second-order valence-corrected chi connectivity index (χ2v) is 5.88. The number of amides is 2. The molecule has 0 bridgehead atoms. The minimum absolute atomic E-state index is 0.0996. The van der Waals surface area contributed by atoms with Crippen LogP contribution < -0.4 is 5.32 Å². The average Bonchev–Trinajstić information content (AvgIpc) is 3.09. The van der Waals surface area contributed by atoms with E-state index in [9.17, 15) is 14.7 Å². The van der Waals surface area contributed by atoms with Crippen LogP contribution in [0.3, 0.4) is 0 Å². The van der Waals surface area contributed by atoms with Crippen molar-refractivity contribution in [2.24, 2.45) is 11.8 Å². The summed E-state index contributed by atoms with van der Waals surface area (Å²) < 4.78 is 4.93. The van der Waals surface area contributed by atoms with Gasteiger partial charge in [0.25, 0.3) is 0 Å². The number of carboxylic acid groups (broad SMARTS) is 1. The van der Waals surface area contributed by atoms with Crippen molar-refractivity contribution in [3.8, 4) is 0 Å². The Bertz CT molecular complexity index is 556. The van der Waals surface area contributed by atoms with Crippen molar-refractivity contribution in [3.63, 3.8) is 0 Å². The van der Waals surface area contributed by atoms with E-state index in [0.29, 0.717) is 23.9 Å². The Morgan fingerprint density at radius 3 is 3.00 bits per heavy atom. The maximum Gasteiger partial charge on any atom is 0.326 e. The third-order valence-electron chi connectivity index (χ3n) is 4.50. The molecule has 1 aromatic heterocycles. The summed E-state index contributed by atoms with van der Waals surface area (Å²) in [6.07, 6.45) is 2.97. The van der Waals surface area contributed by atoms with Crippen LogP contribution in [-0.2, 0) is 11.3 Å². The first-order chi connectivity index (χ1) is 10.1. The molecule has 1 saturated carbocycles. The number of aryl methyl sites for hydroxylation is 1. The summed E-state index contributed by atoms with van der Waals surface area (Å²) in [5.74, 6) is 0.198. The van der Waals surface area contributed by atoms with Crippen molar-refractivity contribution in [2.45, 2.75) is 38.8 Å². The van der Waals surface area contributed by atoms with E-state index in [0.717, 1.165) is 19.3 Å². The Morgan fingerprint density at radius 1 is 1.52 bits per heavy atom. The molecule has 1 aliphatic heterocycles. The third kappa shape index (κ3) is 2.59. The fourth-order valence-electron chi connectivity index (χ4n) is 3.60. The number of nitrogens with one attached hydrogen (secondary N) is 1. The number of fused-ring (bicyclic) bond motifs is 1. The molecule has 0 spiro atoms. The van der Waals surface area contributed by atoms with Gasteiger partial charge in [-0.25, -0.2) is 9.59 Å². The molecular weight excluding hydrogens is 274 g/mol. The number of aliphatic carboxylic acids is 1. The van der Waals surface area contributed by atoms with Gasteiger partial charge < -0.3 is 19.8 Å². The zero-order valence-corrected chi connectivity index (χ0v) is 11.9. The molecule has 3 atom stereocenters. The summed E-state index contributed by atoms with van der Waals surface area (Å²) in [6.45, 7) is 2.56. The van der Waals surface area contributed by atoms with Gasteiger partial charge in [0.2, 0.25) is 0 Å². The van der Waals surface area contributed by atoms with E-state index in [2.05, 4.69) is 10.5 Å². The van der Waals surface area contributed by atoms with Crippen molar-refractivity contribution in [3.05, 3.63) is 17.5 Å². The Balaban J connectivity index is 1.64. The van der Waals surface area contributed by atoms with Crippen LogP contribution in [0.15, 0.2) is 10.6 Å². The molecule has 0 aromatic carbocycles. The van der Waals surface area contributed by atoms with E-state index < -0.39 is 12.0 Å². The van der Waals surface area contributed by atoms with Gasteiger partial charge in [0.05, 0.1) is 6.54 Å². The molecule has 2 aliphatic rings. The molecule has 0 radical (unpaired) electrons. The number of nitrogens with zero attached hydrogens (tertiary/aromatic N) is 2. The van der Waals surface area contributed by atoms with Crippen LogP contribution in [0, 0.1) is 18.8 Å². The van der Waals surface area contributed by atoms with Crippen molar-refractivity contribution >= 4 is 12.0 Å². The van der Waals surface area contributed by atoms with E-state index in [1.807, 2.05) is 0 Å². The van der Waals surface area contributed by atoms with Crippen LogP contribution in [-0.4, -0.2) is 39.8 Å². The first-order valence-corrected chi connectivity index (χ1v) is 7.25. The highest BCUT2D eigenvalue weighted by atomic mass is 16.5. The number of carbonyl (C=O) groups is 2. The molecule has 2 N–H and O–H groups in total. The summed E-state index contributed by atoms with van der Waals surface area (Å²) in [6, 6.07) is 0.710. The first kappa shape index (κ1) is 13.9. The maximum absolute atomic E-state index is 12.3. The third-order valence-corrected chi connectivity index (χ3v) is 4.50. The molecule has 7 heteroatoms. The number of carbonyl (C=O) groups excluding carboxylic acids is 1. The average molecular weight is 293 g/mol. The standard InChI is InChI=1S/C14H19N3O4/c1-8-5-10(16-21-8)6-15-14(20)17-7-9-3-2-4-11(9)12(17)13(18)19/h5,9,11-12H,2-4,6-7H2,1H3,(H,15,20)(H,18,19). The van der Waals surface area contributed by atoms with Gasteiger partial charge in [0.1, 0.15) is 17.5 Å². The summed E-state index contributed by atoms with van der Waals surface area (Å²) in [5, 5.41) is 15.9. The largest absolute Gasteiger partial charge is 0.480 e.